The van der Waals surface area contributed by atoms with Gasteiger partial charge in [-0.1, -0.05) is 12.1 Å². The van der Waals surface area contributed by atoms with E-state index in [0.717, 1.165) is 11.6 Å². The van der Waals surface area contributed by atoms with E-state index in [1.165, 1.54) is 24.3 Å². The minimum Gasteiger partial charge on any atom is -0.396 e. The monoisotopic (exact) mass is 475 g/mol. The van der Waals surface area contributed by atoms with Crippen LogP contribution in [0, 0.1) is 28.5 Å². The number of likely N-dealkylation sites (tertiary alicyclic amines) is 1. The molecular weight excluding hydrogens is 450 g/mol. The lowest BCUT2D eigenvalue weighted by Crippen LogP contribution is -2.47. The van der Waals surface area contributed by atoms with E-state index in [9.17, 15) is 27.5 Å². The summed E-state index contributed by atoms with van der Waals surface area (Å²) in [5.41, 5.74) is -0.593. The van der Waals surface area contributed by atoms with E-state index >= 15 is 0 Å². The number of amides is 1. The molecule has 9 heteroatoms. The number of alkyl halides is 3. The number of piperidine rings is 1. The Balaban J connectivity index is 1.46. The Hall–Kier alpha value is -3.12. The second-order valence-corrected chi connectivity index (χ2v) is 9.15. The van der Waals surface area contributed by atoms with Crippen molar-refractivity contribution in [1.82, 2.24) is 4.90 Å². The van der Waals surface area contributed by atoms with Crippen LogP contribution in [0.2, 0.25) is 0 Å². The van der Waals surface area contributed by atoms with Crippen LogP contribution >= 0.6 is 0 Å². The molecule has 2 aliphatic heterocycles. The number of rotatable bonds is 4. The number of nitrogens with zero attached hydrogens (tertiary/aromatic N) is 3. The molecule has 2 aromatic carbocycles. The summed E-state index contributed by atoms with van der Waals surface area (Å²) in [6, 6.07) is 11.1. The van der Waals surface area contributed by atoms with E-state index in [0.29, 0.717) is 44.7 Å². The number of hydrogen-bond acceptors (Lipinski definition) is 4. The Kier molecular flexibility index (Phi) is 6.54. The second-order valence-electron chi connectivity index (χ2n) is 9.15. The molecule has 0 aromatic heterocycles. The first-order valence-corrected chi connectivity index (χ1v) is 11.1. The Bertz CT molecular complexity index is 1090. The van der Waals surface area contributed by atoms with Gasteiger partial charge in [0.05, 0.1) is 23.6 Å². The molecule has 0 saturated carbocycles. The molecule has 1 atom stereocenters. The summed E-state index contributed by atoms with van der Waals surface area (Å²) in [6.07, 6.45) is -3.20. The highest BCUT2D eigenvalue weighted by Crippen LogP contribution is 2.46. The van der Waals surface area contributed by atoms with Gasteiger partial charge >= 0.3 is 6.18 Å². The number of hydrogen-bond donors (Lipinski definition) is 1. The van der Waals surface area contributed by atoms with Gasteiger partial charge in [0.2, 0.25) is 5.91 Å². The third-order valence-electron chi connectivity index (χ3n) is 7.21. The molecule has 2 aromatic rings. The normalized spacial score (nSPS) is 19.9. The third-order valence-corrected chi connectivity index (χ3v) is 7.21. The van der Waals surface area contributed by atoms with Crippen LogP contribution < -0.4 is 4.90 Å². The summed E-state index contributed by atoms with van der Waals surface area (Å²) in [5.74, 6) is -0.549. The van der Waals surface area contributed by atoms with E-state index in [2.05, 4.69) is 0 Å². The minimum atomic E-state index is -4.63. The van der Waals surface area contributed by atoms with Gasteiger partial charge in [0.25, 0.3) is 0 Å². The number of halogens is 4. The first-order chi connectivity index (χ1) is 16.1. The van der Waals surface area contributed by atoms with E-state index in [4.69, 9.17) is 5.26 Å². The van der Waals surface area contributed by atoms with Gasteiger partial charge in [-0.2, -0.15) is 18.4 Å². The number of carbonyl (C=O) groups is 1. The lowest BCUT2D eigenvalue weighted by molar-refractivity contribution is -0.137. The van der Waals surface area contributed by atoms with Gasteiger partial charge in [0.1, 0.15) is 5.82 Å². The maximum absolute atomic E-state index is 13.4. The number of anilines is 1. The fourth-order valence-corrected chi connectivity index (χ4v) is 5.20. The summed E-state index contributed by atoms with van der Waals surface area (Å²) in [6.45, 7) is 1.77. The minimum absolute atomic E-state index is 0.0567. The van der Waals surface area contributed by atoms with Gasteiger partial charge in [-0.25, -0.2) is 4.39 Å². The molecule has 0 aliphatic carbocycles. The van der Waals surface area contributed by atoms with Crippen molar-refractivity contribution in [1.29, 1.82) is 5.26 Å². The van der Waals surface area contributed by atoms with Crippen LogP contribution in [0.3, 0.4) is 0 Å². The van der Waals surface area contributed by atoms with Crippen LogP contribution in [0.5, 0.6) is 0 Å². The highest BCUT2D eigenvalue weighted by Gasteiger charge is 2.48. The maximum Gasteiger partial charge on any atom is 0.417 e. The van der Waals surface area contributed by atoms with Crippen molar-refractivity contribution in [2.75, 3.05) is 37.7 Å². The van der Waals surface area contributed by atoms with Crippen molar-refractivity contribution in [2.24, 2.45) is 11.3 Å². The first-order valence-electron chi connectivity index (χ1n) is 11.1. The number of carbonyl (C=O) groups excluding carboxylic acids is 1. The topological polar surface area (TPSA) is 67.6 Å². The Morgan fingerprint density at radius 3 is 2.41 bits per heavy atom. The molecule has 2 saturated heterocycles. The average molecular weight is 475 g/mol. The van der Waals surface area contributed by atoms with Crippen molar-refractivity contribution >= 4 is 11.6 Å². The zero-order valence-electron chi connectivity index (χ0n) is 18.5. The zero-order valence-corrected chi connectivity index (χ0v) is 18.5. The number of aliphatic hydroxyl groups is 1. The highest BCUT2D eigenvalue weighted by atomic mass is 19.4. The SMILES string of the molecule is N#Cc1ccc(N2CC(CO)C3(CCN(C(=O)Cc4ccc(F)cc4)CC3)C2)cc1C(F)(F)F. The molecule has 2 fully saturated rings. The quantitative estimate of drug-likeness (QED) is 0.679. The summed E-state index contributed by atoms with van der Waals surface area (Å²) in [4.78, 5) is 16.3. The van der Waals surface area contributed by atoms with Crippen LogP contribution in [0.25, 0.3) is 0 Å². The summed E-state index contributed by atoms with van der Waals surface area (Å²) >= 11 is 0. The second kappa shape index (κ2) is 9.26. The van der Waals surface area contributed by atoms with Crippen molar-refractivity contribution in [2.45, 2.75) is 25.4 Å². The van der Waals surface area contributed by atoms with Crippen LogP contribution in [0.1, 0.15) is 29.5 Å². The fourth-order valence-electron chi connectivity index (χ4n) is 5.20. The summed E-state index contributed by atoms with van der Waals surface area (Å²) in [7, 11) is 0. The Morgan fingerprint density at radius 2 is 1.82 bits per heavy atom. The molecule has 2 aliphatic rings. The number of nitriles is 1. The van der Waals surface area contributed by atoms with E-state index < -0.39 is 17.3 Å². The van der Waals surface area contributed by atoms with Gasteiger partial charge < -0.3 is 14.9 Å². The van der Waals surface area contributed by atoms with Crippen LogP contribution in [0.4, 0.5) is 23.2 Å². The molecule has 180 valence electrons. The summed E-state index contributed by atoms with van der Waals surface area (Å²) in [5, 5.41) is 19.1. The highest BCUT2D eigenvalue weighted by molar-refractivity contribution is 5.78. The first kappa shape index (κ1) is 24.0. The lowest BCUT2D eigenvalue weighted by atomic mass is 9.71. The molecule has 0 radical (unpaired) electrons. The molecule has 1 spiro atoms. The molecule has 4 rings (SSSR count). The third kappa shape index (κ3) is 4.73. The molecule has 1 unspecified atom stereocenters. The largest absolute Gasteiger partial charge is 0.417 e. The lowest BCUT2D eigenvalue weighted by Gasteiger charge is -2.42. The van der Waals surface area contributed by atoms with Gasteiger partial charge in [0, 0.05) is 44.4 Å². The van der Waals surface area contributed by atoms with Gasteiger partial charge in [0.15, 0.2) is 0 Å². The van der Waals surface area contributed by atoms with Crippen LogP contribution in [-0.2, 0) is 17.4 Å². The molecule has 2 heterocycles. The van der Waals surface area contributed by atoms with Crippen molar-refractivity contribution in [3.8, 4) is 6.07 Å². The van der Waals surface area contributed by atoms with E-state index in [-0.39, 0.29) is 36.1 Å². The van der Waals surface area contributed by atoms with Gasteiger partial charge in [-0.15, -0.1) is 0 Å². The van der Waals surface area contributed by atoms with E-state index in [1.54, 1.807) is 23.1 Å². The van der Waals surface area contributed by atoms with Crippen molar-refractivity contribution < 1.29 is 27.5 Å². The van der Waals surface area contributed by atoms with Crippen LogP contribution in [-0.4, -0.2) is 48.7 Å². The van der Waals surface area contributed by atoms with Crippen LogP contribution in [0.15, 0.2) is 42.5 Å². The average Bonchev–Trinajstić information content (AvgIpc) is 3.17. The zero-order chi connectivity index (χ0) is 24.5. The maximum atomic E-state index is 13.4. The van der Waals surface area contributed by atoms with Crippen molar-refractivity contribution in [3.63, 3.8) is 0 Å². The summed E-state index contributed by atoms with van der Waals surface area (Å²) < 4.78 is 53.4. The Morgan fingerprint density at radius 1 is 1.15 bits per heavy atom. The number of benzene rings is 2. The number of aliphatic hydroxyl groups excluding tert-OH is 1. The smallest absolute Gasteiger partial charge is 0.396 e. The standard InChI is InChI=1S/C25H25F4N3O2/c26-20-4-1-17(2-5-20)11-23(34)31-9-7-24(8-10-31)16-32(14-19(24)15-33)21-6-3-18(13-30)22(12-21)25(27,28)29/h1-6,12,19,33H,7-11,14-16H2. The fraction of sp³-hybridized carbons (Fsp3) is 0.440. The molecular formula is C25H25F4N3O2. The molecule has 5 nitrogen and oxygen atoms in total. The molecule has 34 heavy (non-hydrogen) atoms. The molecule has 1 N–H and O–H groups in total. The molecule has 1 amide bonds. The van der Waals surface area contributed by atoms with E-state index in [1.807, 2.05) is 4.90 Å². The predicted molar refractivity (Wildman–Crippen MR) is 117 cm³/mol. The molecule has 0 bridgehead atoms. The van der Waals surface area contributed by atoms with Gasteiger partial charge in [-0.05, 0) is 54.2 Å². The van der Waals surface area contributed by atoms with Gasteiger partial charge in [-0.3, -0.25) is 4.79 Å². The Labute approximate surface area is 195 Å². The van der Waals surface area contributed by atoms with Crippen molar-refractivity contribution in [3.05, 3.63) is 65.0 Å². The predicted octanol–water partition coefficient (Wildman–Crippen LogP) is 4.00.